The van der Waals surface area contributed by atoms with E-state index in [0.717, 1.165) is 43.5 Å². The summed E-state index contributed by atoms with van der Waals surface area (Å²) in [5.74, 6) is 2.52. The highest BCUT2D eigenvalue weighted by Crippen LogP contribution is 2.23. The molecule has 1 aromatic rings. The number of hydrogen-bond donors (Lipinski definition) is 1. The third-order valence-electron chi connectivity index (χ3n) is 3.74. The average Bonchev–Trinajstić information content (AvgIpc) is 2.36. The molecule has 1 unspecified atom stereocenters. The van der Waals surface area contributed by atoms with Crippen molar-refractivity contribution in [3.8, 4) is 0 Å². The molecule has 1 aromatic heterocycles. The van der Waals surface area contributed by atoms with Crippen molar-refractivity contribution in [3.05, 3.63) is 23.3 Å². The molecule has 1 heterocycles. The predicted molar refractivity (Wildman–Crippen MR) is 74.6 cm³/mol. The molecule has 0 saturated carbocycles. The summed E-state index contributed by atoms with van der Waals surface area (Å²) in [5.41, 5.74) is 2.67. The second-order valence-corrected chi connectivity index (χ2v) is 5.86. The normalized spacial score (nSPS) is 19.0. The van der Waals surface area contributed by atoms with Gasteiger partial charge in [0.25, 0.3) is 0 Å². The third kappa shape index (κ3) is 3.52. The zero-order chi connectivity index (χ0) is 13.0. The highest BCUT2D eigenvalue weighted by molar-refractivity contribution is 5.21. The topological polar surface area (TPSA) is 37.8 Å². The van der Waals surface area contributed by atoms with E-state index < -0.39 is 0 Å². The summed E-state index contributed by atoms with van der Waals surface area (Å²) >= 11 is 0. The van der Waals surface area contributed by atoms with Gasteiger partial charge in [0.15, 0.2) is 0 Å². The standard InChI is InChI=1S/C15H25N3/c1-11(2)4-7-15-17-10-13-8-12(9-16-3)5-6-14(13)18-15/h10-12,16H,4-9H2,1-3H3. The maximum absolute atomic E-state index is 4.75. The molecule has 3 nitrogen and oxygen atoms in total. The molecule has 0 bridgehead atoms. The van der Waals surface area contributed by atoms with Crippen LogP contribution in [-0.4, -0.2) is 23.6 Å². The molecule has 0 aromatic carbocycles. The van der Waals surface area contributed by atoms with Gasteiger partial charge in [0, 0.05) is 18.3 Å². The minimum Gasteiger partial charge on any atom is -0.319 e. The Bertz CT molecular complexity index is 387. The van der Waals surface area contributed by atoms with Crippen LogP contribution in [0.1, 0.15) is 43.8 Å². The van der Waals surface area contributed by atoms with E-state index in [4.69, 9.17) is 4.98 Å². The van der Waals surface area contributed by atoms with Crippen LogP contribution in [0.25, 0.3) is 0 Å². The number of hydrogen-bond acceptors (Lipinski definition) is 3. The molecule has 1 aliphatic rings. The molecule has 100 valence electrons. The van der Waals surface area contributed by atoms with E-state index in [-0.39, 0.29) is 0 Å². The molecule has 1 aliphatic carbocycles. The summed E-state index contributed by atoms with van der Waals surface area (Å²) in [5, 5.41) is 3.27. The fourth-order valence-electron chi connectivity index (χ4n) is 2.63. The minimum atomic E-state index is 0.727. The van der Waals surface area contributed by atoms with Crippen LogP contribution < -0.4 is 5.32 Å². The summed E-state index contributed by atoms with van der Waals surface area (Å²) in [6, 6.07) is 0. The van der Waals surface area contributed by atoms with Crippen molar-refractivity contribution in [2.75, 3.05) is 13.6 Å². The number of rotatable bonds is 5. The molecular weight excluding hydrogens is 222 g/mol. The van der Waals surface area contributed by atoms with Crippen molar-refractivity contribution in [2.45, 2.75) is 46.0 Å². The third-order valence-corrected chi connectivity index (χ3v) is 3.74. The molecule has 18 heavy (non-hydrogen) atoms. The van der Waals surface area contributed by atoms with Crippen LogP contribution in [0.2, 0.25) is 0 Å². The van der Waals surface area contributed by atoms with Gasteiger partial charge in [-0.2, -0.15) is 0 Å². The number of nitrogens with zero attached hydrogens (tertiary/aromatic N) is 2. The first-order valence-electron chi connectivity index (χ1n) is 7.17. The Kier molecular flexibility index (Phi) is 4.70. The van der Waals surface area contributed by atoms with Gasteiger partial charge in [-0.3, -0.25) is 0 Å². The van der Waals surface area contributed by atoms with Crippen LogP contribution in [-0.2, 0) is 19.3 Å². The van der Waals surface area contributed by atoms with E-state index in [0.29, 0.717) is 0 Å². The quantitative estimate of drug-likeness (QED) is 0.868. The second-order valence-electron chi connectivity index (χ2n) is 5.86. The van der Waals surface area contributed by atoms with Gasteiger partial charge < -0.3 is 5.32 Å². The fourth-order valence-corrected chi connectivity index (χ4v) is 2.63. The van der Waals surface area contributed by atoms with Crippen LogP contribution in [0.3, 0.4) is 0 Å². The van der Waals surface area contributed by atoms with Gasteiger partial charge in [-0.05, 0) is 56.7 Å². The molecule has 1 atom stereocenters. The Morgan fingerprint density at radius 3 is 3.00 bits per heavy atom. The zero-order valence-corrected chi connectivity index (χ0v) is 11.9. The Hall–Kier alpha value is -0.960. The highest BCUT2D eigenvalue weighted by atomic mass is 14.9. The van der Waals surface area contributed by atoms with E-state index in [1.165, 1.54) is 24.1 Å². The van der Waals surface area contributed by atoms with Crippen LogP contribution in [0, 0.1) is 11.8 Å². The van der Waals surface area contributed by atoms with Gasteiger partial charge in [-0.25, -0.2) is 9.97 Å². The number of aryl methyl sites for hydroxylation is 2. The molecule has 0 aliphatic heterocycles. The smallest absolute Gasteiger partial charge is 0.128 e. The Morgan fingerprint density at radius 1 is 1.44 bits per heavy atom. The first-order chi connectivity index (χ1) is 8.69. The fraction of sp³-hybridized carbons (Fsp3) is 0.733. The lowest BCUT2D eigenvalue weighted by Crippen LogP contribution is -2.25. The van der Waals surface area contributed by atoms with Crippen molar-refractivity contribution in [2.24, 2.45) is 11.8 Å². The highest BCUT2D eigenvalue weighted by Gasteiger charge is 2.19. The van der Waals surface area contributed by atoms with Gasteiger partial charge in [-0.1, -0.05) is 13.8 Å². The summed E-state index contributed by atoms with van der Waals surface area (Å²) in [7, 11) is 2.03. The van der Waals surface area contributed by atoms with E-state index in [9.17, 15) is 0 Å². The number of fused-ring (bicyclic) bond motifs is 1. The lowest BCUT2D eigenvalue weighted by Gasteiger charge is -2.23. The van der Waals surface area contributed by atoms with Crippen LogP contribution in [0.15, 0.2) is 6.20 Å². The molecule has 0 radical (unpaired) electrons. The number of nitrogens with one attached hydrogen (secondary N) is 1. The minimum absolute atomic E-state index is 0.727. The average molecular weight is 247 g/mol. The van der Waals surface area contributed by atoms with Gasteiger partial charge in [0.2, 0.25) is 0 Å². The summed E-state index contributed by atoms with van der Waals surface area (Å²) in [6.45, 7) is 5.61. The van der Waals surface area contributed by atoms with Crippen LogP contribution in [0.5, 0.6) is 0 Å². The maximum atomic E-state index is 4.75. The van der Waals surface area contributed by atoms with E-state index in [2.05, 4.69) is 30.3 Å². The molecule has 2 rings (SSSR count). The first-order valence-corrected chi connectivity index (χ1v) is 7.17. The molecule has 0 amide bonds. The van der Waals surface area contributed by atoms with Crippen molar-refractivity contribution in [1.29, 1.82) is 0 Å². The maximum Gasteiger partial charge on any atom is 0.128 e. The van der Waals surface area contributed by atoms with Crippen LogP contribution >= 0.6 is 0 Å². The first kappa shape index (κ1) is 13.5. The molecule has 3 heteroatoms. The van der Waals surface area contributed by atoms with E-state index in [1.54, 1.807) is 0 Å². The summed E-state index contributed by atoms with van der Waals surface area (Å²) in [4.78, 5) is 9.28. The molecular formula is C15H25N3. The zero-order valence-electron chi connectivity index (χ0n) is 11.9. The molecule has 0 spiro atoms. The molecule has 0 saturated heterocycles. The van der Waals surface area contributed by atoms with Gasteiger partial charge in [-0.15, -0.1) is 0 Å². The van der Waals surface area contributed by atoms with Crippen molar-refractivity contribution >= 4 is 0 Å². The predicted octanol–water partition coefficient (Wildman–Crippen LogP) is 2.39. The lowest BCUT2D eigenvalue weighted by atomic mass is 9.87. The van der Waals surface area contributed by atoms with E-state index >= 15 is 0 Å². The molecule has 0 fully saturated rings. The van der Waals surface area contributed by atoms with Gasteiger partial charge in [0.05, 0.1) is 0 Å². The lowest BCUT2D eigenvalue weighted by molar-refractivity contribution is 0.432. The Balaban J connectivity index is 2.01. The summed E-state index contributed by atoms with van der Waals surface area (Å²) in [6.07, 6.45) is 7.79. The van der Waals surface area contributed by atoms with E-state index in [1.807, 2.05) is 7.05 Å². The Labute approximate surface area is 110 Å². The number of aromatic nitrogens is 2. The molecule has 1 N–H and O–H groups in total. The van der Waals surface area contributed by atoms with Crippen LogP contribution in [0.4, 0.5) is 0 Å². The van der Waals surface area contributed by atoms with Gasteiger partial charge >= 0.3 is 0 Å². The Morgan fingerprint density at radius 2 is 2.28 bits per heavy atom. The monoisotopic (exact) mass is 247 g/mol. The second kappa shape index (κ2) is 6.28. The summed E-state index contributed by atoms with van der Waals surface area (Å²) < 4.78 is 0. The largest absolute Gasteiger partial charge is 0.319 e. The van der Waals surface area contributed by atoms with Crippen molar-refractivity contribution < 1.29 is 0 Å². The van der Waals surface area contributed by atoms with Crippen molar-refractivity contribution in [1.82, 2.24) is 15.3 Å². The SMILES string of the molecule is CNCC1CCc2nc(CCC(C)C)ncc2C1. The van der Waals surface area contributed by atoms with Crippen molar-refractivity contribution in [3.63, 3.8) is 0 Å². The van der Waals surface area contributed by atoms with Gasteiger partial charge in [0.1, 0.15) is 5.82 Å².